The number of rotatable bonds is 8. The maximum Gasteiger partial charge on any atom is 0.0769 e. The summed E-state index contributed by atoms with van der Waals surface area (Å²) >= 11 is 0. The van der Waals surface area contributed by atoms with Crippen LogP contribution in [-0.4, -0.2) is 39.5 Å². The van der Waals surface area contributed by atoms with Gasteiger partial charge in [0.15, 0.2) is 0 Å². The van der Waals surface area contributed by atoms with Gasteiger partial charge >= 0.3 is 0 Å². The summed E-state index contributed by atoms with van der Waals surface area (Å²) in [6, 6.07) is 0.284. The molecule has 0 aliphatic heterocycles. The van der Waals surface area contributed by atoms with Gasteiger partial charge in [0.25, 0.3) is 0 Å². The Morgan fingerprint density at radius 3 is 2.29 bits per heavy atom. The second-order valence-corrected chi connectivity index (χ2v) is 3.91. The van der Waals surface area contributed by atoms with Gasteiger partial charge in [-0.05, 0) is 19.4 Å². The Labute approximate surface area is 88.2 Å². The largest absolute Gasteiger partial charge is 0.380 e. The van der Waals surface area contributed by atoms with E-state index in [2.05, 4.69) is 26.1 Å². The van der Waals surface area contributed by atoms with Crippen LogP contribution in [0.15, 0.2) is 0 Å². The fourth-order valence-electron chi connectivity index (χ4n) is 1.60. The first-order valence-corrected chi connectivity index (χ1v) is 5.45. The molecule has 14 heavy (non-hydrogen) atoms. The second kappa shape index (κ2) is 8.21. The molecule has 0 fully saturated rings. The quantitative estimate of drug-likeness (QED) is 0.609. The number of nitrogens with one attached hydrogen (secondary N) is 1. The maximum absolute atomic E-state index is 5.53. The molecule has 1 N–H and O–H groups in total. The van der Waals surface area contributed by atoms with E-state index in [0.717, 1.165) is 19.6 Å². The van der Waals surface area contributed by atoms with Gasteiger partial charge in [0.2, 0.25) is 0 Å². The molecule has 0 aliphatic carbocycles. The van der Waals surface area contributed by atoms with Gasteiger partial charge < -0.3 is 14.8 Å². The van der Waals surface area contributed by atoms with Gasteiger partial charge in [0, 0.05) is 13.7 Å². The van der Waals surface area contributed by atoms with Crippen LogP contribution in [0.5, 0.6) is 0 Å². The van der Waals surface area contributed by atoms with Crippen LogP contribution in [0.25, 0.3) is 0 Å². The van der Waals surface area contributed by atoms with Gasteiger partial charge in [-0.15, -0.1) is 0 Å². The normalized spacial score (nSPS) is 15.9. The Morgan fingerprint density at radius 2 is 1.93 bits per heavy atom. The van der Waals surface area contributed by atoms with Gasteiger partial charge in [0.1, 0.15) is 0 Å². The predicted octanol–water partition coefficient (Wildman–Crippen LogP) is 1.67. The van der Waals surface area contributed by atoms with Gasteiger partial charge in [0.05, 0.1) is 18.8 Å². The van der Waals surface area contributed by atoms with E-state index in [9.17, 15) is 0 Å². The van der Waals surface area contributed by atoms with E-state index < -0.39 is 0 Å². The Bertz CT molecular complexity index is 128. The summed E-state index contributed by atoms with van der Waals surface area (Å²) in [5.41, 5.74) is 0. The van der Waals surface area contributed by atoms with Crippen molar-refractivity contribution in [3.63, 3.8) is 0 Å². The molecule has 0 aromatic rings. The van der Waals surface area contributed by atoms with Crippen LogP contribution in [0.1, 0.15) is 27.2 Å². The molecule has 0 amide bonds. The summed E-state index contributed by atoms with van der Waals surface area (Å²) in [7, 11) is 3.71. The molecule has 0 saturated carbocycles. The van der Waals surface area contributed by atoms with Crippen molar-refractivity contribution in [3.05, 3.63) is 0 Å². The minimum absolute atomic E-state index is 0.219. The Morgan fingerprint density at radius 1 is 1.29 bits per heavy atom. The van der Waals surface area contributed by atoms with Crippen molar-refractivity contribution < 1.29 is 9.47 Å². The van der Waals surface area contributed by atoms with Crippen LogP contribution in [0.3, 0.4) is 0 Å². The van der Waals surface area contributed by atoms with Crippen molar-refractivity contribution in [2.24, 2.45) is 5.92 Å². The first-order valence-electron chi connectivity index (χ1n) is 5.45. The molecule has 0 aromatic carbocycles. The van der Waals surface area contributed by atoms with Crippen molar-refractivity contribution >= 4 is 0 Å². The Balaban J connectivity index is 3.95. The lowest BCUT2D eigenvalue weighted by Gasteiger charge is -2.28. The van der Waals surface area contributed by atoms with Gasteiger partial charge in [-0.3, -0.25) is 0 Å². The van der Waals surface area contributed by atoms with Crippen LogP contribution in [0, 0.1) is 5.92 Å². The molecule has 86 valence electrons. The fraction of sp³-hybridized carbons (Fsp3) is 1.00. The summed E-state index contributed by atoms with van der Waals surface area (Å²) in [5, 5.41) is 3.24. The van der Waals surface area contributed by atoms with E-state index in [-0.39, 0.29) is 12.1 Å². The van der Waals surface area contributed by atoms with Crippen LogP contribution < -0.4 is 5.32 Å². The highest BCUT2D eigenvalue weighted by Crippen LogP contribution is 2.10. The monoisotopic (exact) mass is 203 g/mol. The predicted molar refractivity (Wildman–Crippen MR) is 59.6 cm³/mol. The zero-order valence-corrected chi connectivity index (χ0v) is 10.2. The molecule has 3 nitrogen and oxygen atoms in total. The summed E-state index contributed by atoms with van der Waals surface area (Å²) in [6.07, 6.45) is 1.28. The van der Waals surface area contributed by atoms with Crippen molar-refractivity contribution in [1.29, 1.82) is 0 Å². The van der Waals surface area contributed by atoms with Gasteiger partial charge in [-0.2, -0.15) is 0 Å². The molecule has 0 saturated heterocycles. The topological polar surface area (TPSA) is 30.5 Å². The highest BCUT2D eigenvalue weighted by molar-refractivity contribution is 4.77. The van der Waals surface area contributed by atoms with E-state index in [1.54, 1.807) is 7.11 Å². The average molecular weight is 203 g/mol. The molecule has 0 rings (SSSR count). The first kappa shape index (κ1) is 13.9. The number of hydrogen-bond acceptors (Lipinski definition) is 3. The Hall–Kier alpha value is -0.120. The molecular formula is C11H25NO2. The van der Waals surface area contributed by atoms with Crippen LogP contribution >= 0.6 is 0 Å². The third-order valence-electron chi connectivity index (χ3n) is 2.34. The zero-order valence-electron chi connectivity index (χ0n) is 10.2. The molecule has 2 atom stereocenters. The van der Waals surface area contributed by atoms with E-state index in [1.165, 1.54) is 0 Å². The lowest BCUT2D eigenvalue weighted by atomic mass is 10.00. The molecule has 0 radical (unpaired) electrons. The second-order valence-electron chi connectivity index (χ2n) is 3.91. The van der Waals surface area contributed by atoms with Crippen molar-refractivity contribution in [3.8, 4) is 0 Å². The molecule has 3 heteroatoms. The molecule has 0 aromatic heterocycles. The number of ether oxygens (including phenoxy) is 2. The smallest absolute Gasteiger partial charge is 0.0769 e. The standard InChI is InChI=1S/C11H25NO2/c1-6-7-14-8-10(12-4)11(13-5)9(2)3/h9-12H,6-8H2,1-5H3. The van der Waals surface area contributed by atoms with E-state index in [1.807, 2.05) is 7.05 Å². The minimum atomic E-state index is 0.219. The molecule has 0 bridgehead atoms. The molecule has 2 unspecified atom stereocenters. The highest BCUT2D eigenvalue weighted by atomic mass is 16.5. The SMILES string of the molecule is CCCOCC(NC)C(OC)C(C)C. The summed E-state index contributed by atoms with van der Waals surface area (Å²) in [5.74, 6) is 0.502. The van der Waals surface area contributed by atoms with Crippen molar-refractivity contribution in [2.75, 3.05) is 27.4 Å². The maximum atomic E-state index is 5.53. The van der Waals surface area contributed by atoms with Crippen LogP contribution in [0.2, 0.25) is 0 Å². The van der Waals surface area contributed by atoms with Crippen LogP contribution in [-0.2, 0) is 9.47 Å². The highest BCUT2D eigenvalue weighted by Gasteiger charge is 2.22. The zero-order chi connectivity index (χ0) is 11.0. The summed E-state index contributed by atoms with van der Waals surface area (Å²) in [4.78, 5) is 0. The minimum Gasteiger partial charge on any atom is -0.380 e. The number of hydrogen-bond donors (Lipinski definition) is 1. The third kappa shape index (κ3) is 4.94. The molecular weight excluding hydrogens is 178 g/mol. The first-order chi connectivity index (χ1) is 6.67. The summed E-state index contributed by atoms with van der Waals surface area (Å²) in [6.45, 7) is 8.00. The fourth-order valence-corrected chi connectivity index (χ4v) is 1.60. The van der Waals surface area contributed by atoms with E-state index >= 15 is 0 Å². The van der Waals surface area contributed by atoms with Crippen LogP contribution in [0.4, 0.5) is 0 Å². The molecule has 0 spiro atoms. The van der Waals surface area contributed by atoms with Crippen molar-refractivity contribution in [2.45, 2.75) is 39.3 Å². The third-order valence-corrected chi connectivity index (χ3v) is 2.34. The lowest BCUT2D eigenvalue weighted by Crippen LogP contribution is -2.45. The molecule has 0 aliphatic rings. The lowest BCUT2D eigenvalue weighted by molar-refractivity contribution is -0.000419. The summed E-state index contributed by atoms with van der Waals surface area (Å²) < 4.78 is 11.0. The van der Waals surface area contributed by atoms with E-state index in [4.69, 9.17) is 9.47 Å². The molecule has 0 heterocycles. The van der Waals surface area contributed by atoms with Crippen molar-refractivity contribution in [1.82, 2.24) is 5.32 Å². The number of likely N-dealkylation sites (N-methyl/N-ethyl adjacent to an activating group) is 1. The van der Waals surface area contributed by atoms with Gasteiger partial charge in [-0.1, -0.05) is 20.8 Å². The average Bonchev–Trinajstić information content (AvgIpc) is 2.16. The van der Waals surface area contributed by atoms with E-state index in [0.29, 0.717) is 5.92 Å². The Kier molecular flexibility index (Phi) is 8.14. The number of methoxy groups -OCH3 is 1. The van der Waals surface area contributed by atoms with Gasteiger partial charge in [-0.25, -0.2) is 0 Å².